The molecule has 26 heavy (non-hydrogen) atoms. The fourth-order valence-electron chi connectivity index (χ4n) is 5.19. The topological polar surface area (TPSA) is 23.5 Å². The fourth-order valence-corrected chi connectivity index (χ4v) is 5.19. The minimum absolute atomic E-state index is 0.225. The van der Waals surface area contributed by atoms with Gasteiger partial charge in [-0.05, 0) is 48.1 Å². The lowest BCUT2D eigenvalue weighted by Crippen LogP contribution is -2.44. The van der Waals surface area contributed by atoms with E-state index in [1.165, 1.54) is 48.7 Å². The van der Waals surface area contributed by atoms with Crippen LogP contribution in [0.3, 0.4) is 0 Å². The van der Waals surface area contributed by atoms with Crippen LogP contribution in [0.2, 0.25) is 0 Å². The fraction of sp³-hybridized carbons (Fsp3) is 0.583. The molecule has 0 amide bonds. The Morgan fingerprint density at radius 2 is 1.85 bits per heavy atom. The van der Waals surface area contributed by atoms with E-state index >= 15 is 0 Å². The first kappa shape index (κ1) is 18.0. The summed E-state index contributed by atoms with van der Waals surface area (Å²) in [6.45, 7) is 5.71. The lowest BCUT2D eigenvalue weighted by atomic mass is 9.72. The summed E-state index contributed by atoms with van der Waals surface area (Å²) >= 11 is 0. The van der Waals surface area contributed by atoms with E-state index in [1.54, 1.807) is 0 Å². The number of rotatable bonds is 5. The number of fused-ring (bicyclic) bond motifs is 1. The van der Waals surface area contributed by atoms with Crippen LogP contribution in [0.15, 0.2) is 42.5 Å². The Bertz CT molecular complexity index is 734. The molecule has 1 saturated heterocycles. The molecule has 1 heterocycles. The van der Waals surface area contributed by atoms with Gasteiger partial charge in [-0.2, -0.15) is 0 Å². The second-order valence-corrected chi connectivity index (χ2v) is 8.65. The minimum Gasteiger partial charge on any atom is -0.389 e. The Labute approximate surface area is 158 Å². The van der Waals surface area contributed by atoms with Crippen molar-refractivity contribution in [1.82, 2.24) is 4.90 Å². The number of nitrogens with zero attached hydrogens (tertiary/aromatic N) is 1. The highest BCUT2D eigenvalue weighted by Gasteiger charge is 2.40. The summed E-state index contributed by atoms with van der Waals surface area (Å²) < 4.78 is 0. The number of likely N-dealkylation sites (tertiary alicyclic amines) is 1. The van der Waals surface area contributed by atoms with Crippen LogP contribution in [0.25, 0.3) is 10.8 Å². The second-order valence-electron chi connectivity index (χ2n) is 8.65. The Morgan fingerprint density at radius 1 is 1.08 bits per heavy atom. The van der Waals surface area contributed by atoms with E-state index in [-0.39, 0.29) is 5.92 Å². The predicted octanol–water partition coefficient (Wildman–Crippen LogP) is 5.35. The number of hydrogen-bond acceptors (Lipinski definition) is 2. The number of hydrogen-bond donors (Lipinski definition) is 1. The summed E-state index contributed by atoms with van der Waals surface area (Å²) in [4.78, 5) is 2.61. The molecule has 1 aliphatic heterocycles. The highest BCUT2D eigenvalue weighted by Crippen LogP contribution is 2.41. The van der Waals surface area contributed by atoms with E-state index in [9.17, 15) is 5.11 Å². The summed E-state index contributed by atoms with van der Waals surface area (Å²) in [6, 6.07) is 15.4. The van der Waals surface area contributed by atoms with Gasteiger partial charge in [-0.1, -0.05) is 75.1 Å². The Hall–Kier alpha value is -1.38. The molecule has 4 rings (SSSR count). The third-order valence-corrected chi connectivity index (χ3v) is 6.93. The zero-order chi connectivity index (χ0) is 18.0. The zero-order valence-electron chi connectivity index (χ0n) is 16.2. The second kappa shape index (κ2) is 7.70. The maximum absolute atomic E-state index is 11.6. The quantitative estimate of drug-likeness (QED) is 0.785. The Kier molecular flexibility index (Phi) is 5.33. The molecule has 2 aromatic rings. The highest BCUT2D eigenvalue weighted by molar-refractivity contribution is 5.83. The third-order valence-electron chi connectivity index (χ3n) is 6.93. The van der Waals surface area contributed by atoms with Gasteiger partial charge >= 0.3 is 0 Å². The van der Waals surface area contributed by atoms with Crippen LogP contribution in [-0.4, -0.2) is 35.2 Å². The maximum Gasteiger partial charge on any atom is 0.0728 e. The molecule has 0 aromatic heterocycles. The van der Waals surface area contributed by atoms with E-state index in [4.69, 9.17) is 0 Å². The first-order chi connectivity index (χ1) is 12.7. The van der Waals surface area contributed by atoms with Gasteiger partial charge in [0.15, 0.2) is 0 Å². The summed E-state index contributed by atoms with van der Waals surface area (Å²) in [6.07, 6.45) is 8.11. The van der Waals surface area contributed by atoms with Crippen molar-refractivity contribution in [3.05, 3.63) is 48.0 Å². The molecule has 0 spiro atoms. The lowest BCUT2D eigenvalue weighted by molar-refractivity contribution is -0.0295. The molecular weight excluding hydrogens is 318 g/mol. The molecule has 2 heteroatoms. The largest absolute Gasteiger partial charge is 0.389 e. The van der Waals surface area contributed by atoms with Crippen molar-refractivity contribution in [2.24, 2.45) is 5.92 Å². The number of aliphatic hydroxyl groups is 1. The van der Waals surface area contributed by atoms with E-state index in [1.807, 2.05) is 0 Å². The van der Waals surface area contributed by atoms with Crippen molar-refractivity contribution in [1.29, 1.82) is 0 Å². The van der Waals surface area contributed by atoms with Crippen LogP contribution in [0.4, 0.5) is 0 Å². The van der Waals surface area contributed by atoms with Crippen molar-refractivity contribution < 1.29 is 5.11 Å². The monoisotopic (exact) mass is 351 g/mol. The van der Waals surface area contributed by atoms with E-state index in [2.05, 4.69) is 54.3 Å². The van der Waals surface area contributed by atoms with Crippen LogP contribution >= 0.6 is 0 Å². The maximum atomic E-state index is 11.6. The van der Waals surface area contributed by atoms with Crippen LogP contribution < -0.4 is 0 Å². The molecule has 140 valence electrons. The van der Waals surface area contributed by atoms with Crippen molar-refractivity contribution >= 4 is 10.8 Å². The molecule has 0 bridgehead atoms. The summed E-state index contributed by atoms with van der Waals surface area (Å²) in [7, 11) is 0. The van der Waals surface area contributed by atoms with Gasteiger partial charge in [-0.25, -0.2) is 0 Å². The zero-order valence-corrected chi connectivity index (χ0v) is 16.2. The smallest absolute Gasteiger partial charge is 0.0728 e. The van der Waals surface area contributed by atoms with Gasteiger partial charge in [0.2, 0.25) is 0 Å². The van der Waals surface area contributed by atoms with Gasteiger partial charge in [-0.3, -0.25) is 0 Å². The molecule has 0 radical (unpaired) electrons. The van der Waals surface area contributed by atoms with Crippen LogP contribution in [0.5, 0.6) is 0 Å². The van der Waals surface area contributed by atoms with E-state index < -0.39 is 5.60 Å². The molecule has 2 nitrogen and oxygen atoms in total. The van der Waals surface area contributed by atoms with Crippen molar-refractivity contribution in [3.63, 3.8) is 0 Å². The molecule has 2 aliphatic rings. The standard InChI is InChI=1S/C24H33NO/c1-2-19-12-15-25(17-19)18-23(24(26)13-6-3-7-14-24)22-11-10-20-8-4-5-9-21(20)16-22/h4-5,8-11,16,19,23,26H,2-3,6-7,12-15,17-18H2,1H3/t19-,23?/m0/s1. The third kappa shape index (κ3) is 3.68. The van der Waals surface area contributed by atoms with Gasteiger partial charge in [0.05, 0.1) is 5.60 Å². The van der Waals surface area contributed by atoms with Crippen LogP contribution in [0, 0.1) is 5.92 Å². The number of benzene rings is 2. The van der Waals surface area contributed by atoms with Gasteiger partial charge in [0.25, 0.3) is 0 Å². The Morgan fingerprint density at radius 3 is 2.58 bits per heavy atom. The van der Waals surface area contributed by atoms with Crippen molar-refractivity contribution in [2.75, 3.05) is 19.6 Å². The van der Waals surface area contributed by atoms with E-state index in [0.717, 1.165) is 38.1 Å². The molecule has 1 N–H and O–H groups in total. The lowest BCUT2D eigenvalue weighted by Gasteiger charge is -2.41. The average molecular weight is 352 g/mol. The molecule has 1 saturated carbocycles. The van der Waals surface area contributed by atoms with Gasteiger partial charge in [0.1, 0.15) is 0 Å². The van der Waals surface area contributed by atoms with Gasteiger partial charge in [0, 0.05) is 19.0 Å². The van der Waals surface area contributed by atoms with Gasteiger partial charge < -0.3 is 10.0 Å². The van der Waals surface area contributed by atoms with Crippen LogP contribution in [-0.2, 0) is 0 Å². The van der Waals surface area contributed by atoms with Gasteiger partial charge in [-0.15, -0.1) is 0 Å². The van der Waals surface area contributed by atoms with E-state index in [0.29, 0.717) is 0 Å². The first-order valence-electron chi connectivity index (χ1n) is 10.6. The predicted molar refractivity (Wildman–Crippen MR) is 110 cm³/mol. The molecule has 2 atom stereocenters. The average Bonchev–Trinajstić information content (AvgIpc) is 3.14. The summed E-state index contributed by atoms with van der Waals surface area (Å²) in [5, 5.41) is 14.2. The molecule has 2 fully saturated rings. The Balaban J connectivity index is 1.64. The minimum atomic E-state index is -0.537. The highest BCUT2D eigenvalue weighted by atomic mass is 16.3. The van der Waals surface area contributed by atoms with Crippen molar-refractivity contribution in [3.8, 4) is 0 Å². The molecule has 1 aliphatic carbocycles. The summed E-state index contributed by atoms with van der Waals surface area (Å²) in [5.41, 5.74) is 0.790. The molecular formula is C24H33NO. The first-order valence-corrected chi connectivity index (χ1v) is 10.6. The SMILES string of the molecule is CC[C@H]1CCN(CC(c2ccc3ccccc3c2)C2(O)CCCCC2)C1. The molecule has 1 unspecified atom stereocenters. The normalized spacial score (nSPS) is 24.8. The molecule has 2 aromatic carbocycles. The summed E-state index contributed by atoms with van der Waals surface area (Å²) in [5.74, 6) is 1.07. The van der Waals surface area contributed by atoms with Crippen LogP contribution in [0.1, 0.15) is 63.4 Å². The van der Waals surface area contributed by atoms with Crippen molar-refractivity contribution in [2.45, 2.75) is 63.4 Å².